The van der Waals surface area contributed by atoms with Gasteiger partial charge in [-0.2, -0.15) is 0 Å². The zero-order valence-electron chi connectivity index (χ0n) is 14.4. The van der Waals surface area contributed by atoms with E-state index in [1.54, 1.807) is 22.7 Å². The standard InChI is InChI=1S/C19H17N5S.BrH/c1-14-15(2)25-19(21-14)24-22-18(16-9-5-3-6-10-16)13-20-23(24)17-11-7-4-8-12-17;/h3-13H,1-2H3;1H. The van der Waals surface area contributed by atoms with E-state index >= 15 is 0 Å². The van der Waals surface area contributed by atoms with Gasteiger partial charge in [0.1, 0.15) is 17.1 Å². The summed E-state index contributed by atoms with van der Waals surface area (Å²) in [6.07, 6.45) is 1.80. The number of rotatable bonds is 3. The van der Waals surface area contributed by atoms with Crippen molar-refractivity contribution in [2.24, 2.45) is 10.2 Å². The van der Waals surface area contributed by atoms with E-state index in [-0.39, 0.29) is 17.0 Å². The van der Waals surface area contributed by atoms with Crippen LogP contribution in [0.3, 0.4) is 0 Å². The van der Waals surface area contributed by atoms with Crippen molar-refractivity contribution in [3.05, 3.63) is 76.8 Å². The van der Waals surface area contributed by atoms with Crippen LogP contribution in [0, 0.1) is 13.8 Å². The summed E-state index contributed by atoms with van der Waals surface area (Å²) < 4.78 is 0. The number of aryl methyl sites for hydroxylation is 2. The first-order chi connectivity index (χ1) is 12.2. The molecule has 0 atom stereocenters. The predicted octanol–water partition coefficient (Wildman–Crippen LogP) is 0.815. The van der Waals surface area contributed by atoms with Gasteiger partial charge in [0.25, 0.3) is 0 Å². The molecular weight excluding hydrogens is 410 g/mol. The maximum atomic E-state index is 4.84. The molecule has 7 heteroatoms. The molecule has 0 radical (unpaired) electrons. The minimum absolute atomic E-state index is 0. The fourth-order valence-electron chi connectivity index (χ4n) is 2.52. The molecule has 3 aromatic rings. The fraction of sp³-hybridized carbons (Fsp3) is 0.105. The first-order valence-corrected chi connectivity index (χ1v) is 8.86. The van der Waals surface area contributed by atoms with Gasteiger partial charge in [-0.05, 0) is 37.3 Å². The lowest BCUT2D eigenvalue weighted by Gasteiger charge is -2.23. The van der Waals surface area contributed by atoms with Crippen molar-refractivity contribution >= 4 is 34.1 Å². The molecule has 0 unspecified atom stereocenters. The van der Waals surface area contributed by atoms with Gasteiger partial charge >= 0.3 is 5.13 Å². The van der Waals surface area contributed by atoms with Crippen LogP contribution in [-0.4, -0.2) is 11.9 Å². The highest BCUT2D eigenvalue weighted by atomic mass is 79.9. The second-order valence-electron chi connectivity index (χ2n) is 5.72. The molecule has 0 amide bonds. The van der Waals surface area contributed by atoms with Gasteiger partial charge in [-0.15, -0.1) is 5.10 Å². The van der Waals surface area contributed by atoms with Crippen LogP contribution in [0.1, 0.15) is 16.1 Å². The minimum Gasteiger partial charge on any atom is -1.00 e. The number of aromatic amines is 1. The van der Waals surface area contributed by atoms with Crippen molar-refractivity contribution in [2.75, 3.05) is 10.2 Å². The summed E-state index contributed by atoms with van der Waals surface area (Å²) >= 11 is 1.66. The maximum Gasteiger partial charge on any atom is 0.386 e. The third-order valence-corrected chi connectivity index (χ3v) is 5.05. The van der Waals surface area contributed by atoms with Crippen LogP contribution in [0.2, 0.25) is 0 Å². The second-order valence-corrected chi connectivity index (χ2v) is 6.93. The van der Waals surface area contributed by atoms with Gasteiger partial charge in [0.05, 0.1) is 11.1 Å². The lowest BCUT2D eigenvalue weighted by Crippen LogP contribution is -3.00. The van der Waals surface area contributed by atoms with Crippen LogP contribution in [-0.2, 0) is 0 Å². The first-order valence-electron chi connectivity index (χ1n) is 8.05. The molecule has 5 nitrogen and oxygen atoms in total. The number of H-pyrrole nitrogens is 1. The van der Waals surface area contributed by atoms with Gasteiger partial charge in [-0.25, -0.2) is 4.98 Å². The number of para-hydroxylation sites is 1. The molecule has 0 bridgehead atoms. The van der Waals surface area contributed by atoms with Gasteiger partial charge in [0, 0.05) is 10.7 Å². The zero-order chi connectivity index (χ0) is 17.2. The molecule has 2 aromatic carbocycles. The van der Waals surface area contributed by atoms with Crippen LogP contribution in [0.25, 0.3) is 0 Å². The Hall–Kier alpha value is -2.51. The number of nitrogens with zero attached hydrogens (tertiary/aromatic N) is 4. The third kappa shape index (κ3) is 3.54. The Kier molecular flexibility index (Phi) is 5.49. The maximum absolute atomic E-state index is 4.84. The SMILES string of the molecule is Cc1[nH+]c(N2N=C(c3ccccc3)C=NN2c2ccccc2)sc1C.[Br-]. The molecular formula is C19H18BrN5S. The number of anilines is 2. The fourth-order valence-corrected chi connectivity index (χ4v) is 3.42. The van der Waals surface area contributed by atoms with Crippen LogP contribution in [0.5, 0.6) is 0 Å². The molecule has 132 valence electrons. The predicted molar refractivity (Wildman–Crippen MR) is 103 cm³/mol. The van der Waals surface area contributed by atoms with Crippen LogP contribution >= 0.6 is 11.3 Å². The number of aromatic nitrogens is 1. The molecule has 1 aliphatic rings. The Morgan fingerprint density at radius 2 is 1.54 bits per heavy atom. The lowest BCUT2D eigenvalue weighted by atomic mass is 10.1. The second kappa shape index (κ2) is 7.80. The summed E-state index contributed by atoms with van der Waals surface area (Å²) in [7, 11) is 0. The van der Waals surface area contributed by atoms with E-state index in [0.29, 0.717) is 0 Å². The van der Waals surface area contributed by atoms with Crippen LogP contribution < -0.4 is 32.2 Å². The molecule has 0 aliphatic carbocycles. The van der Waals surface area contributed by atoms with Crippen molar-refractivity contribution < 1.29 is 22.0 Å². The topological polar surface area (TPSA) is 45.3 Å². The van der Waals surface area contributed by atoms with Crippen LogP contribution in [0.4, 0.5) is 10.8 Å². The normalized spacial score (nSPS) is 13.4. The number of hydrogen-bond donors (Lipinski definition) is 0. The lowest BCUT2D eigenvalue weighted by molar-refractivity contribution is -0.367. The number of thiazole rings is 1. The Bertz CT molecular complexity index is 918. The number of hydrogen-bond acceptors (Lipinski definition) is 5. The summed E-state index contributed by atoms with van der Waals surface area (Å²) in [4.78, 5) is 4.64. The molecule has 0 spiro atoms. The van der Waals surface area contributed by atoms with Gasteiger partial charge in [-0.1, -0.05) is 58.8 Å². The third-order valence-electron chi connectivity index (χ3n) is 3.98. The Balaban J connectivity index is 0.00000196. The molecule has 1 aromatic heterocycles. The highest BCUT2D eigenvalue weighted by Crippen LogP contribution is 2.28. The molecule has 0 saturated heterocycles. The van der Waals surface area contributed by atoms with Crippen molar-refractivity contribution in [1.82, 2.24) is 0 Å². The number of halogens is 1. The van der Waals surface area contributed by atoms with Crippen LogP contribution in [0.15, 0.2) is 70.9 Å². The van der Waals surface area contributed by atoms with Gasteiger partial charge < -0.3 is 17.0 Å². The van der Waals surface area contributed by atoms with Gasteiger partial charge in [-0.3, -0.25) is 0 Å². The van der Waals surface area contributed by atoms with Crippen molar-refractivity contribution in [3.8, 4) is 0 Å². The molecule has 0 saturated carbocycles. The highest BCUT2D eigenvalue weighted by Gasteiger charge is 2.31. The molecule has 0 fully saturated rings. The van der Waals surface area contributed by atoms with Gasteiger partial charge in [0.2, 0.25) is 0 Å². The summed E-state index contributed by atoms with van der Waals surface area (Å²) in [5.41, 5.74) is 3.95. The quantitative estimate of drug-likeness (QED) is 0.620. The highest BCUT2D eigenvalue weighted by molar-refractivity contribution is 7.15. The number of hydrazine groups is 1. The van der Waals surface area contributed by atoms with E-state index in [2.05, 4.69) is 23.9 Å². The zero-order valence-corrected chi connectivity index (χ0v) is 16.8. The van der Waals surface area contributed by atoms with Crippen molar-refractivity contribution in [3.63, 3.8) is 0 Å². The molecule has 4 rings (SSSR count). The van der Waals surface area contributed by atoms with E-state index in [9.17, 15) is 0 Å². The van der Waals surface area contributed by atoms with E-state index < -0.39 is 0 Å². The average molecular weight is 428 g/mol. The van der Waals surface area contributed by atoms with Gasteiger partial charge in [0.15, 0.2) is 0 Å². The Morgan fingerprint density at radius 3 is 2.15 bits per heavy atom. The van der Waals surface area contributed by atoms with E-state index in [4.69, 9.17) is 5.10 Å². The molecule has 2 heterocycles. The van der Waals surface area contributed by atoms with E-state index in [0.717, 1.165) is 27.8 Å². The molecule has 26 heavy (non-hydrogen) atoms. The van der Waals surface area contributed by atoms with Crippen molar-refractivity contribution in [2.45, 2.75) is 13.8 Å². The van der Waals surface area contributed by atoms with E-state index in [1.165, 1.54) is 4.88 Å². The number of benzene rings is 2. The minimum atomic E-state index is 0. The summed E-state index contributed by atoms with van der Waals surface area (Å²) in [6, 6.07) is 20.1. The largest absolute Gasteiger partial charge is 1.00 e. The number of nitrogens with one attached hydrogen (secondary N) is 1. The molecule has 1 aliphatic heterocycles. The average Bonchev–Trinajstić information content (AvgIpc) is 3.01. The van der Waals surface area contributed by atoms with Crippen molar-refractivity contribution in [1.29, 1.82) is 0 Å². The smallest absolute Gasteiger partial charge is 0.386 e. The molecule has 1 N–H and O–H groups in total. The Morgan fingerprint density at radius 1 is 0.885 bits per heavy atom. The summed E-state index contributed by atoms with van der Waals surface area (Å²) in [6.45, 7) is 4.17. The Labute approximate surface area is 167 Å². The monoisotopic (exact) mass is 427 g/mol. The first kappa shape index (κ1) is 18.3. The number of hydrazone groups is 2. The van der Waals surface area contributed by atoms with E-state index in [1.807, 2.05) is 65.8 Å². The summed E-state index contributed by atoms with van der Waals surface area (Å²) in [5.74, 6) is 0. The summed E-state index contributed by atoms with van der Waals surface area (Å²) in [5, 5.41) is 14.0.